The van der Waals surface area contributed by atoms with Crippen molar-refractivity contribution in [2.45, 2.75) is 0 Å². The van der Waals surface area contributed by atoms with E-state index < -0.39 is 0 Å². The minimum atomic E-state index is 0.757. The molecule has 0 amide bonds. The highest BCUT2D eigenvalue weighted by molar-refractivity contribution is 9.10. The molecule has 15 heavy (non-hydrogen) atoms. The van der Waals surface area contributed by atoms with Gasteiger partial charge in [0.15, 0.2) is 5.82 Å². The smallest absolute Gasteiger partial charge is 0.224 e. The van der Waals surface area contributed by atoms with Gasteiger partial charge in [0.05, 0.1) is 0 Å². The third-order valence-electron chi connectivity index (χ3n) is 2.20. The molecule has 0 spiro atoms. The minimum absolute atomic E-state index is 0.757. The molecule has 0 fully saturated rings. The summed E-state index contributed by atoms with van der Waals surface area (Å²) < 4.78 is 2.98. The Hall–Kier alpha value is -1.36. The van der Waals surface area contributed by atoms with E-state index in [4.69, 9.17) is 0 Å². The molecular formula is C10H11BrN4. The van der Waals surface area contributed by atoms with E-state index in [0.717, 1.165) is 21.8 Å². The van der Waals surface area contributed by atoms with Gasteiger partial charge in [-0.15, -0.1) is 10.2 Å². The lowest BCUT2D eigenvalue weighted by atomic mass is 10.2. The van der Waals surface area contributed by atoms with Crippen LogP contribution >= 0.6 is 15.9 Å². The second-order valence-corrected chi connectivity index (χ2v) is 4.08. The first-order chi connectivity index (χ1) is 7.22. The first-order valence-corrected chi connectivity index (χ1v) is 5.34. The van der Waals surface area contributed by atoms with Gasteiger partial charge in [-0.1, -0.05) is 28.1 Å². The van der Waals surface area contributed by atoms with Gasteiger partial charge in [-0.25, -0.2) is 0 Å². The average Bonchev–Trinajstić information content (AvgIpc) is 2.61. The summed E-state index contributed by atoms with van der Waals surface area (Å²) >= 11 is 3.40. The number of hydrogen-bond donors (Lipinski definition) is 1. The van der Waals surface area contributed by atoms with Crippen LogP contribution < -0.4 is 5.32 Å². The van der Waals surface area contributed by atoms with Crippen LogP contribution in [0.25, 0.3) is 11.4 Å². The molecule has 0 aliphatic rings. The lowest BCUT2D eigenvalue weighted by Gasteiger charge is -2.02. The van der Waals surface area contributed by atoms with Gasteiger partial charge in [0, 0.05) is 24.1 Å². The zero-order valence-electron chi connectivity index (χ0n) is 8.53. The molecule has 1 heterocycles. The summed E-state index contributed by atoms with van der Waals surface area (Å²) in [7, 11) is 3.76. The molecule has 0 saturated carbocycles. The molecule has 0 saturated heterocycles. The number of halogens is 1. The highest BCUT2D eigenvalue weighted by Crippen LogP contribution is 2.21. The quantitative estimate of drug-likeness (QED) is 0.907. The number of nitrogens with one attached hydrogen (secondary N) is 1. The van der Waals surface area contributed by atoms with E-state index in [0.29, 0.717) is 0 Å². The summed E-state index contributed by atoms with van der Waals surface area (Å²) in [4.78, 5) is 0. The molecule has 0 atom stereocenters. The molecule has 0 unspecified atom stereocenters. The fourth-order valence-corrected chi connectivity index (χ4v) is 1.66. The Labute approximate surface area is 96.5 Å². The summed E-state index contributed by atoms with van der Waals surface area (Å²) in [6.07, 6.45) is 0. The molecular weight excluding hydrogens is 256 g/mol. The predicted molar refractivity (Wildman–Crippen MR) is 63.7 cm³/mol. The van der Waals surface area contributed by atoms with Crippen molar-refractivity contribution < 1.29 is 0 Å². The van der Waals surface area contributed by atoms with E-state index in [1.807, 2.05) is 42.9 Å². The predicted octanol–water partition coefficient (Wildman–Crippen LogP) is 2.29. The van der Waals surface area contributed by atoms with Gasteiger partial charge in [-0.3, -0.25) is 4.57 Å². The van der Waals surface area contributed by atoms with Crippen molar-refractivity contribution in [1.82, 2.24) is 14.8 Å². The third kappa shape index (κ3) is 1.87. The van der Waals surface area contributed by atoms with Crippen LogP contribution in [0.2, 0.25) is 0 Å². The molecule has 1 aromatic carbocycles. The zero-order chi connectivity index (χ0) is 10.8. The Bertz CT molecular complexity index is 461. The Morgan fingerprint density at radius 1 is 1.20 bits per heavy atom. The van der Waals surface area contributed by atoms with E-state index in [1.54, 1.807) is 0 Å². The second kappa shape index (κ2) is 4.02. The number of rotatable bonds is 2. The van der Waals surface area contributed by atoms with Crippen molar-refractivity contribution in [3.8, 4) is 11.4 Å². The molecule has 1 aromatic heterocycles. The number of nitrogens with zero attached hydrogens (tertiary/aromatic N) is 3. The molecule has 0 aliphatic heterocycles. The molecule has 5 heteroatoms. The molecule has 0 bridgehead atoms. The van der Waals surface area contributed by atoms with Crippen LogP contribution in [-0.2, 0) is 7.05 Å². The van der Waals surface area contributed by atoms with Gasteiger partial charge in [-0.2, -0.15) is 0 Å². The van der Waals surface area contributed by atoms with Crippen molar-refractivity contribution in [1.29, 1.82) is 0 Å². The standard InChI is InChI=1S/C10H11BrN4/c1-12-10-14-13-9(15(10)2)7-3-5-8(11)6-4-7/h3-6H,1-2H3,(H,12,14). The van der Waals surface area contributed by atoms with Crippen LogP contribution in [-0.4, -0.2) is 21.8 Å². The average molecular weight is 267 g/mol. The van der Waals surface area contributed by atoms with E-state index in [-0.39, 0.29) is 0 Å². The van der Waals surface area contributed by atoms with Crippen LogP contribution in [0.1, 0.15) is 0 Å². The molecule has 0 radical (unpaired) electrons. The maximum Gasteiger partial charge on any atom is 0.224 e. The van der Waals surface area contributed by atoms with Crippen molar-refractivity contribution in [3.05, 3.63) is 28.7 Å². The first kappa shape index (κ1) is 10.2. The molecule has 2 aromatic rings. The normalized spacial score (nSPS) is 10.3. The van der Waals surface area contributed by atoms with E-state index in [9.17, 15) is 0 Å². The number of hydrogen-bond acceptors (Lipinski definition) is 3. The van der Waals surface area contributed by atoms with Crippen molar-refractivity contribution in [2.75, 3.05) is 12.4 Å². The molecule has 78 valence electrons. The highest BCUT2D eigenvalue weighted by Gasteiger charge is 2.08. The van der Waals surface area contributed by atoms with Gasteiger partial charge in [0.1, 0.15) is 0 Å². The summed E-state index contributed by atoms with van der Waals surface area (Å²) in [5.41, 5.74) is 1.05. The minimum Gasteiger partial charge on any atom is -0.357 e. The molecule has 4 nitrogen and oxygen atoms in total. The molecule has 0 aliphatic carbocycles. The van der Waals surface area contributed by atoms with Crippen LogP contribution in [0.15, 0.2) is 28.7 Å². The number of aromatic nitrogens is 3. The topological polar surface area (TPSA) is 42.7 Å². The Balaban J connectivity index is 2.45. The van der Waals surface area contributed by atoms with Gasteiger partial charge in [0.2, 0.25) is 5.95 Å². The SMILES string of the molecule is CNc1nnc(-c2ccc(Br)cc2)n1C. The lowest BCUT2D eigenvalue weighted by molar-refractivity contribution is 0.925. The van der Waals surface area contributed by atoms with Crippen LogP contribution in [0.4, 0.5) is 5.95 Å². The van der Waals surface area contributed by atoms with Gasteiger partial charge in [-0.05, 0) is 12.1 Å². The fourth-order valence-electron chi connectivity index (χ4n) is 1.40. The number of benzene rings is 1. The van der Waals surface area contributed by atoms with E-state index in [2.05, 4.69) is 31.4 Å². The van der Waals surface area contributed by atoms with Gasteiger partial charge >= 0.3 is 0 Å². The van der Waals surface area contributed by atoms with Crippen LogP contribution in [0.5, 0.6) is 0 Å². The van der Waals surface area contributed by atoms with Crippen LogP contribution in [0, 0.1) is 0 Å². The molecule has 2 rings (SSSR count). The van der Waals surface area contributed by atoms with Gasteiger partial charge < -0.3 is 5.32 Å². The highest BCUT2D eigenvalue weighted by atomic mass is 79.9. The monoisotopic (exact) mass is 266 g/mol. The summed E-state index contributed by atoms with van der Waals surface area (Å²) in [6.45, 7) is 0. The second-order valence-electron chi connectivity index (χ2n) is 3.16. The maximum absolute atomic E-state index is 4.12. The third-order valence-corrected chi connectivity index (χ3v) is 2.73. The van der Waals surface area contributed by atoms with Crippen molar-refractivity contribution in [3.63, 3.8) is 0 Å². The zero-order valence-corrected chi connectivity index (χ0v) is 10.1. The number of anilines is 1. The summed E-state index contributed by atoms with van der Waals surface area (Å²) in [5, 5.41) is 11.1. The lowest BCUT2D eigenvalue weighted by Crippen LogP contribution is -1.99. The fraction of sp³-hybridized carbons (Fsp3) is 0.200. The first-order valence-electron chi connectivity index (χ1n) is 4.55. The Morgan fingerprint density at radius 3 is 2.40 bits per heavy atom. The maximum atomic E-state index is 4.12. The van der Waals surface area contributed by atoms with Crippen molar-refractivity contribution >= 4 is 21.9 Å². The summed E-state index contributed by atoms with van der Waals surface area (Å²) in [5.74, 6) is 1.61. The largest absolute Gasteiger partial charge is 0.357 e. The summed E-state index contributed by atoms with van der Waals surface area (Å²) in [6, 6.07) is 7.99. The Morgan fingerprint density at radius 2 is 1.87 bits per heavy atom. The van der Waals surface area contributed by atoms with E-state index in [1.165, 1.54) is 0 Å². The van der Waals surface area contributed by atoms with Crippen molar-refractivity contribution in [2.24, 2.45) is 7.05 Å². The van der Waals surface area contributed by atoms with Gasteiger partial charge in [0.25, 0.3) is 0 Å². The molecule has 1 N–H and O–H groups in total. The van der Waals surface area contributed by atoms with Crippen LogP contribution in [0.3, 0.4) is 0 Å². The Kier molecular flexibility index (Phi) is 2.73. The van der Waals surface area contributed by atoms with E-state index >= 15 is 0 Å².